The van der Waals surface area contributed by atoms with Gasteiger partial charge >= 0.3 is 0 Å². The second-order valence-corrected chi connectivity index (χ2v) is 5.52. The Hall–Kier alpha value is -0.670. The van der Waals surface area contributed by atoms with E-state index in [1.165, 1.54) is 0 Å². The fourth-order valence-electron chi connectivity index (χ4n) is 1.43. The number of hydrogen-bond donors (Lipinski definition) is 1. The number of halogens is 1. The Morgan fingerprint density at radius 3 is 2.93 bits per heavy atom. The van der Waals surface area contributed by atoms with Crippen LogP contribution < -0.4 is 5.32 Å². The van der Waals surface area contributed by atoms with Crippen LogP contribution in [0.4, 0.5) is 5.69 Å². The van der Waals surface area contributed by atoms with E-state index in [4.69, 9.17) is 11.6 Å². The Balaban J connectivity index is 2.11. The molecule has 4 heteroatoms. The van der Waals surface area contributed by atoms with E-state index in [1.807, 2.05) is 25.1 Å². The highest BCUT2D eigenvalue weighted by molar-refractivity contribution is 8.15. The second kappa shape index (κ2) is 4.45. The summed E-state index contributed by atoms with van der Waals surface area (Å²) in [7, 11) is 0. The third-order valence-electron chi connectivity index (χ3n) is 2.23. The fraction of sp³-hybridized carbons (Fsp3) is 0.364. The van der Waals surface area contributed by atoms with Crippen LogP contribution in [0.2, 0.25) is 5.02 Å². The van der Waals surface area contributed by atoms with Gasteiger partial charge in [-0.2, -0.15) is 0 Å². The summed E-state index contributed by atoms with van der Waals surface area (Å²) in [6, 6.07) is 5.83. The summed E-state index contributed by atoms with van der Waals surface area (Å²) in [5.74, 6) is 0. The number of aliphatic imine (C=N–C) groups is 1. The molecule has 0 saturated carbocycles. The maximum Gasteiger partial charge on any atom is 0.161 e. The summed E-state index contributed by atoms with van der Waals surface area (Å²) in [5, 5.41) is 5.68. The first-order valence-corrected chi connectivity index (χ1v) is 6.15. The van der Waals surface area contributed by atoms with E-state index >= 15 is 0 Å². The molecule has 1 aliphatic heterocycles. The van der Waals surface area contributed by atoms with Crippen LogP contribution in [0.1, 0.15) is 12.5 Å². The number of hydrogen-bond acceptors (Lipinski definition) is 3. The highest BCUT2D eigenvalue weighted by Crippen LogP contribution is 2.25. The average Bonchev–Trinajstić information content (AvgIpc) is 2.56. The van der Waals surface area contributed by atoms with Crippen LogP contribution in [0.5, 0.6) is 0 Å². The molecule has 0 spiro atoms. The molecule has 0 unspecified atom stereocenters. The summed E-state index contributed by atoms with van der Waals surface area (Å²) in [6.07, 6.45) is 0. The number of nitrogens with zero attached hydrogens (tertiary/aromatic N) is 1. The van der Waals surface area contributed by atoms with Gasteiger partial charge in [0.1, 0.15) is 0 Å². The Morgan fingerprint density at radius 2 is 2.33 bits per heavy atom. The van der Waals surface area contributed by atoms with Crippen LogP contribution >= 0.6 is 23.4 Å². The van der Waals surface area contributed by atoms with Gasteiger partial charge in [-0.05, 0) is 30.7 Å². The number of nitrogens with one attached hydrogen (secondary N) is 1. The molecule has 1 heterocycles. The van der Waals surface area contributed by atoms with Crippen LogP contribution in [-0.2, 0) is 0 Å². The van der Waals surface area contributed by atoms with Crippen molar-refractivity contribution in [2.45, 2.75) is 19.1 Å². The van der Waals surface area contributed by atoms with Crippen LogP contribution in [0.25, 0.3) is 0 Å². The zero-order valence-corrected chi connectivity index (χ0v) is 10.3. The number of thioether (sulfide) groups is 1. The molecule has 0 aromatic heterocycles. The molecule has 0 radical (unpaired) electrons. The van der Waals surface area contributed by atoms with Gasteiger partial charge in [0.05, 0.1) is 6.54 Å². The smallest absolute Gasteiger partial charge is 0.161 e. The molecule has 0 saturated heterocycles. The van der Waals surface area contributed by atoms with Crippen molar-refractivity contribution in [2.75, 3.05) is 11.9 Å². The molecule has 0 fully saturated rings. The third kappa shape index (κ3) is 2.67. The van der Waals surface area contributed by atoms with Gasteiger partial charge in [0.25, 0.3) is 0 Å². The lowest BCUT2D eigenvalue weighted by molar-refractivity contribution is 0.976. The molecule has 1 N–H and O–H groups in total. The number of benzene rings is 1. The molecular weight excluding hydrogens is 228 g/mol. The minimum absolute atomic E-state index is 0.583. The highest BCUT2D eigenvalue weighted by Gasteiger charge is 2.15. The highest BCUT2D eigenvalue weighted by atomic mass is 35.5. The van der Waals surface area contributed by atoms with Gasteiger partial charge in [-0.3, -0.25) is 4.99 Å². The minimum Gasteiger partial charge on any atom is -0.335 e. The molecule has 15 heavy (non-hydrogen) atoms. The van der Waals surface area contributed by atoms with E-state index in [1.54, 1.807) is 11.8 Å². The maximum absolute atomic E-state index is 5.89. The zero-order valence-electron chi connectivity index (χ0n) is 8.75. The Bertz CT molecular complexity index is 404. The Kier molecular flexibility index (Phi) is 3.22. The molecule has 2 rings (SSSR count). The van der Waals surface area contributed by atoms with E-state index in [-0.39, 0.29) is 0 Å². The molecule has 80 valence electrons. The first kappa shape index (κ1) is 10.8. The van der Waals surface area contributed by atoms with Crippen molar-refractivity contribution in [3.63, 3.8) is 0 Å². The van der Waals surface area contributed by atoms with Gasteiger partial charge in [0.15, 0.2) is 5.17 Å². The monoisotopic (exact) mass is 240 g/mol. The van der Waals surface area contributed by atoms with Gasteiger partial charge < -0.3 is 5.32 Å². The standard InChI is InChI=1S/C11H13ClN2S/c1-7-5-9(12)3-4-10(7)14-11-13-6-8(2)15-11/h3-5,8H,6H2,1-2H3,(H,13,14)/t8-/m0/s1. The van der Waals surface area contributed by atoms with Crippen molar-refractivity contribution in [1.82, 2.24) is 0 Å². The van der Waals surface area contributed by atoms with Crippen LogP contribution in [-0.4, -0.2) is 17.0 Å². The molecule has 1 aromatic rings. The lowest BCUT2D eigenvalue weighted by atomic mass is 10.2. The van der Waals surface area contributed by atoms with Crippen molar-refractivity contribution in [1.29, 1.82) is 0 Å². The number of anilines is 1. The normalized spacial score (nSPS) is 20.2. The van der Waals surface area contributed by atoms with E-state index in [2.05, 4.69) is 17.2 Å². The second-order valence-electron chi connectivity index (χ2n) is 3.66. The van der Waals surface area contributed by atoms with Crippen molar-refractivity contribution < 1.29 is 0 Å². The van der Waals surface area contributed by atoms with Crippen LogP contribution in [0.15, 0.2) is 23.2 Å². The van der Waals surface area contributed by atoms with Gasteiger partial charge in [0, 0.05) is 16.0 Å². The largest absolute Gasteiger partial charge is 0.335 e. The summed E-state index contributed by atoms with van der Waals surface area (Å²) in [5.41, 5.74) is 2.23. The van der Waals surface area contributed by atoms with E-state index in [0.29, 0.717) is 5.25 Å². The number of aryl methyl sites for hydroxylation is 1. The number of rotatable bonds is 1. The maximum atomic E-state index is 5.89. The predicted octanol–water partition coefficient (Wildman–Crippen LogP) is 3.55. The molecule has 1 aliphatic rings. The molecule has 0 aliphatic carbocycles. The molecule has 0 amide bonds. The van der Waals surface area contributed by atoms with Crippen molar-refractivity contribution >= 4 is 34.2 Å². The van der Waals surface area contributed by atoms with Gasteiger partial charge in [-0.1, -0.05) is 30.3 Å². The van der Waals surface area contributed by atoms with Gasteiger partial charge in [0.2, 0.25) is 0 Å². The van der Waals surface area contributed by atoms with E-state index in [9.17, 15) is 0 Å². The average molecular weight is 241 g/mol. The zero-order chi connectivity index (χ0) is 10.8. The van der Waals surface area contributed by atoms with Gasteiger partial charge in [-0.15, -0.1) is 0 Å². The Morgan fingerprint density at radius 1 is 1.53 bits per heavy atom. The molecule has 2 nitrogen and oxygen atoms in total. The quantitative estimate of drug-likeness (QED) is 0.812. The Labute approximate surface area is 99.1 Å². The molecule has 1 atom stereocenters. The first-order chi connectivity index (χ1) is 7.15. The lowest BCUT2D eigenvalue weighted by Crippen LogP contribution is -2.07. The van der Waals surface area contributed by atoms with Crippen molar-refractivity contribution in [3.05, 3.63) is 28.8 Å². The predicted molar refractivity (Wildman–Crippen MR) is 69.2 cm³/mol. The summed E-state index contributed by atoms with van der Waals surface area (Å²) in [4.78, 5) is 4.41. The minimum atomic E-state index is 0.583. The summed E-state index contributed by atoms with van der Waals surface area (Å²) < 4.78 is 0. The third-order valence-corrected chi connectivity index (χ3v) is 3.48. The fourth-order valence-corrected chi connectivity index (χ4v) is 2.50. The van der Waals surface area contributed by atoms with E-state index in [0.717, 1.165) is 28.0 Å². The topological polar surface area (TPSA) is 24.4 Å². The number of amidine groups is 1. The van der Waals surface area contributed by atoms with Crippen LogP contribution in [0.3, 0.4) is 0 Å². The lowest BCUT2D eigenvalue weighted by Gasteiger charge is -2.09. The van der Waals surface area contributed by atoms with Crippen LogP contribution in [0, 0.1) is 6.92 Å². The molecule has 1 aromatic carbocycles. The SMILES string of the molecule is Cc1cc(Cl)ccc1NC1=NC[C@H](C)S1. The van der Waals surface area contributed by atoms with Crippen molar-refractivity contribution in [3.8, 4) is 0 Å². The molecular formula is C11H13ClN2S. The summed E-state index contributed by atoms with van der Waals surface area (Å²) in [6.45, 7) is 5.12. The van der Waals surface area contributed by atoms with E-state index < -0.39 is 0 Å². The molecule has 0 bridgehead atoms. The van der Waals surface area contributed by atoms with Gasteiger partial charge in [-0.25, -0.2) is 0 Å². The first-order valence-electron chi connectivity index (χ1n) is 4.89. The van der Waals surface area contributed by atoms with Crippen molar-refractivity contribution in [2.24, 2.45) is 4.99 Å². The summed E-state index contributed by atoms with van der Waals surface area (Å²) >= 11 is 7.67.